The highest BCUT2D eigenvalue weighted by molar-refractivity contribution is 7.90. The van der Waals surface area contributed by atoms with Crippen molar-refractivity contribution in [2.45, 2.75) is 0 Å². The summed E-state index contributed by atoms with van der Waals surface area (Å²) >= 11 is 1.15. The van der Waals surface area contributed by atoms with Crippen LogP contribution in [0.25, 0.3) is 0 Å². The van der Waals surface area contributed by atoms with Crippen molar-refractivity contribution in [2.75, 3.05) is 50.8 Å². The second-order valence-corrected chi connectivity index (χ2v) is 7.74. The van der Waals surface area contributed by atoms with E-state index in [4.69, 9.17) is 10.5 Å². The van der Waals surface area contributed by atoms with Crippen LogP contribution in [-0.4, -0.2) is 59.0 Å². The van der Waals surface area contributed by atoms with Gasteiger partial charge in [0.25, 0.3) is 5.91 Å². The van der Waals surface area contributed by atoms with Gasteiger partial charge in [0.15, 0.2) is 5.75 Å². The monoisotopic (exact) mass is 321 g/mol. The number of carbonyl (C=O) groups excluding carboxylic acids is 1. The first-order chi connectivity index (χ1) is 9.17. The molecule has 0 aliphatic rings. The predicted molar refractivity (Wildman–Crippen MR) is 81.5 cm³/mol. The number of anilines is 2. The molecule has 0 aliphatic carbocycles. The van der Waals surface area contributed by atoms with E-state index < -0.39 is 9.84 Å². The van der Waals surface area contributed by atoms with Crippen molar-refractivity contribution < 1.29 is 17.9 Å². The zero-order valence-electron chi connectivity index (χ0n) is 11.9. The third-order valence-corrected chi connectivity index (χ3v) is 4.54. The summed E-state index contributed by atoms with van der Waals surface area (Å²) in [5.74, 6) is 0.140. The molecule has 1 aromatic heterocycles. The maximum Gasteiger partial charge on any atom is 0.265 e. The number of hydrogen-bond acceptors (Lipinski definition) is 7. The fourth-order valence-corrected chi connectivity index (χ4v) is 3.07. The van der Waals surface area contributed by atoms with Crippen molar-refractivity contribution in [1.82, 2.24) is 4.90 Å². The molecule has 1 aromatic rings. The number of ether oxygens (including phenoxy) is 1. The number of nitrogens with two attached hydrogens (primary N) is 1. The van der Waals surface area contributed by atoms with E-state index in [-0.39, 0.29) is 23.9 Å². The molecule has 3 N–H and O–H groups in total. The quantitative estimate of drug-likeness (QED) is 0.791. The average Bonchev–Trinajstić information content (AvgIpc) is 2.63. The molecule has 9 heteroatoms. The maximum atomic E-state index is 12.0. The molecule has 0 saturated carbocycles. The predicted octanol–water partition coefficient (Wildman–Crippen LogP) is 0.497. The molecule has 1 heterocycles. The molecular formula is C11H19N3O4S2. The second-order valence-electron chi connectivity index (χ2n) is 4.46. The highest BCUT2D eigenvalue weighted by Gasteiger charge is 2.22. The van der Waals surface area contributed by atoms with Crippen LogP contribution in [0.2, 0.25) is 0 Å². The minimum absolute atomic E-state index is 0.00901. The average molecular weight is 321 g/mol. The molecular weight excluding hydrogens is 302 g/mol. The fourth-order valence-electron chi connectivity index (χ4n) is 1.46. The molecule has 0 aromatic carbocycles. The fraction of sp³-hybridized carbons (Fsp3) is 0.545. The van der Waals surface area contributed by atoms with Gasteiger partial charge in [0.1, 0.15) is 25.4 Å². The minimum atomic E-state index is -3.05. The molecule has 1 amide bonds. The van der Waals surface area contributed by atoms with Gasteiger partial charge in [-0.15, -0.1) is 11.3 Å². The second kappa shape index (κ2) is 6.31. The van der Waals surface area contributed by atoms with E-state index in [0.29, 0.717) is 15.6 Å². The number of nitrogen functional groups attached to an aromatic ring is 1. The minimum Gasteiger partial charge on any atom is -0.492 e. The summed E-state index contributed by atoms with van der Waals surface area (Å²) in [6.07, 6.45) is 1.16. The number of rotatable bonds is 6. The standard InChI is InChI=1S/C11H19N3O4S2/c1-14(2)11(15)9-7(12)8(18-3)10(19-9)13-5-6-20(4,16)17/h13H,5-6,12H2,1-4H3. The van der Waals surface area contributed by atoms with Crippen LogP contribution in [0.5, 0.6) is 5.75 Å². The molecule has 0 saturated heterocycles. The topological polar surface area (TPSA) is 102 Å². The maximum absolute atomic E-state index is 12.0. The zero-order chi connectivity index (χ0) is 15.5. The molecule has 0 bridgehead atoms. The number of nitrogens with one attached hydrogen (secondary N) is 1. The van der Waals surface area contributed by atoms with E-state index in [1.807, 2.05) is 0 Å². The van der Waals surface area contributed by atoms with Crippen molar-refractivity contribution >= 4 is 37.8 Å². The van der Waals surface area contributed by atoms with Crippen LogP contribution in [0.1, 0.15) is 9.67 Å². The lowest BCUT2D eigenvalue weighted by Gasteiger charge is -2.08. The van der Waals surface area contributed by atoms with E-state index in [0.717, 1.165) is 17.6 Å². The molecule has 0 fully saturated rings. The van der Waals surface area contributed by atoms with Crippen molar-refractivity contribution in [3.8, 4) is 5.75 Å². The van der Waals surface area contributed by atoms with Gasteiger partial charge >= 0.3 is 0 Å². The molecule has 114 valence electrons. The summed E-state index contributed by atoms with van der Waals surface area (Å²) in [5, 5.41) is 3.49. The van der Waals surface area contributed by atoms with E-state index in [9.17, 15) is 13.2 Å². The number of methoxy groups -OCH3 is 1. The largest absolute Gasteiger partial charge is 0.492 e. The Kier molecular flexibility index (Phi) is 5.23. The Morgan fingerprint density at radius 3 is 2.50 bits per heavy atom. The number of carbonyl (C=O) groups is 1. The van der Waals surface area contributed by atoms with Crippen LogP contribution in [0.4, 0.5) is 10.7 Å². The van der Waals surface area contributed by atoms with Crippen LogP contribution in [0.15, 0.2) is 0 Å². The first-order valence-electron chi connectivity index (χ1n) is 5.77. The van der Waals surface area contributed by atoms with Gasteiger partial charge in [-0.1, -0.05) is 0 Å². The number of hydrogen-bond donors (Lipinski definition) is 2. The van der Waals surface area contributed by atoms with Gasteiger partial charge in [0.2, 0.25) is 0 Å². The Labute approximate surface area is 122 Å². The molecule has 1 rings (SSSR count). The van der Waals surface area contributed by atoms with Gasteiger partial charge in [-0.25, -0.2) is 8.42 Å². The van der Waals surface area contributed by atoms with Gasteiger partial charge in [0, 0.05) is 26.9 Å². The van der Waals surface area contributed by atoms with Crippen molar-refractivity contribution in [1.29, 1.82) is 0 Å². The molecule has 0 spiro atoms. The smallest absolute Gasteiger partial charge is 0.265 e. The lowest BCUT2D eigenvalue weighted by atomic mass is 10.3. The van der Waals surface area contributed by atoms with Gasteiger partial charge in [0.05, 0.1) is 12.9 Å². The summed E-state index contributed by atoms with van der Waals surface area (Å²) in [6, 6.07) is 0. The normalized spacial score (nSPS) is 11.2. The van der Waals surface area contributed by atoms with E-state index >= 15 is 0 Å². The van der Waals surface area contributed by atoms with E-state index in [1.165, 1.54) is 12.0 Å². The summed E-state index contributed by atoms with van der Waals surface area (Å²) < 4.78 is 27.4. The third kappa shape index (κ3) is 4.01. The van der Waals surface area contributed by atoms with Crippen molar-refractivity contribution in [2.24, 2.45) is 0 Å². The Balaban J connectivity index is 2.97. The van der Waals surface area contributed by atoms with Crippen molar-refractivity contribution in [3.63, 3.8) is 0 Å². The number of thiophene rings is 1. The number of nitrogens with zero attached hydrogens (tertiary/aromatic N) is 1. The molecule has 0 unspecified atom stereocenters. The summed E-state index contributed by atoms with van der Waals surface area (Å²) in [4.78, 5) is 13.7. The Bertz CT molecular complexity index is 593. The lowest BCUT2D eigenvalue weighted by Crippen LogP contribution is -2.21. The van der Waals surface area contributed by atoms with Crippen LogP contribution >= 0.6 is 11.3 Å². The number of sulfone groups is 1. The highest BCUT2D eigenvalue weighted by atomic mass is 32.2. The van der Waals surface area contributed by atoms with Gasteiger partial charge in [-0.05, 0) is 0 Å². The van der Waals surface area contributed by atoms with E-state index in [1.54, 1.807) is 14.1 Å². The number of amides is 1. The SMILES string of the molecule is COc1c(NCCS(C)(=O)=O)sc(C(=O)N(C)C)c1N. The van der Waals surface area contributed by atoms with Crippen LogP contribution in [-0.2, 0) is 9.84 Å². The third-order valence-electron chi connectivity index (χ3n) is 2.46. The van der Waals surface area contributed by atoms with Gasteiger partial charge in [-0.2, -0.15) is 0 Å². The Morgan fingerprint density at radius 1 is 1.45 bits per heavy atom. The van der Waals surface area contributed by atoms with Crippen LogP contribution in [0, 0.1) is 0 Å². The first kappa shape index (κ1) is 16.6. The van der Waals surface area contributed by atoms with Crippen molar-refractivity contribution in [3.05, 3.63) is 4.88 Å². The van der Waals surface area contributed by atoms with Gasteiger partial charge in [-0.3, -0.25) is 4.79 Å². The first-order valence-corrected chi connectivity index (χ1v) is 8.64. The molecule has 0 atom stereocenters. The molecule has 7 nitrogen and oxygen atoms in total. The summed E-state index contributed by atoms with van der Waals surface area (Å²) in [7, 11) is 1.66. The van der Waals surface area contributed by atoms with Gasteiger partial charge < -0.3 is 20.7 Å². The molecule has 20 heavy (non-hydrogen) atoms. The van der Waals surface area contributed by atoms with E-state index in [2.05, 4.69) is 5.32 Å². The zero-order valence-corrected chi connectivity index (χ0v) is 13.5. The molecule has 0 radical (unpaired) electrons. The molecule has 0 aliphatic heterocycles. The highest BCUT2D eigenvalue weighted by Crippen LogP contribution is 2.42. The summed E-state index contributed by atoms with van der Waals surface area (Å²) in [6.45, 7) is 0.227. The Morgan fingerprint density at radius 2 is 2.05 bits per heavy atom. The Hall–Kier alpha value is -1.48. The van der Waals surface area contributed by atoms with Crippen LogP contribution in [0.3, 0.4) is 0 Å². The lowest BCUT2D eigenvalue weighted by molar-refractivity contribution is 0.0833. The van der Waals surface area contributed by atoms with Crippen LogP contribution < -0.4 is 15.8 Å². The summed E-state index contributed by atoms with van der Waals surface area (Å²) in [5.41, 5.74) is 6.15.